The Kier molecular flexibility index (Phi) is 7.39. The van der Waals surface area contributed by atoms with Gasteiger partial charge in [0.1, 0.15) is 5.75 Å². The first-order chi connectivity index (χ1) is 12.6. The minimum atomic E-state index is -0.0921. The molecule has 0 saturated heterocycles. The van der Waals surface area contributed by atoms with Gasteiger partial charge in [0.05, 0.1) is 6.10 Å². The molecule has 2 unspecified atom stereocenters. The second kappa shape index (κ2) is 9.75. The lowest BCUT2D eigenvalue weighted by molar-refractivity contribution is 0.0700. The third-order valence-electron chi connectivity index (χ3n) is 6.42. The average molecular weight is 360 g/mol. The molecule has 2 N–H and O–H groups in total. The van der Waals surface area contributed by atoms with Gasteiger partial charge in [-0.05, 0) is 87.9 Å². The lowest BCUT2D eigenvalue weighted by Gasteiger charge is -2.31. The lowest BCUT2D eigenvalue weighted by Crippen LogP contribution is -2.37. The van der Waals surface area contributed by atoms with E-state index >= 15 is 0 Å². The first-order valence-corrected chi connectivity index (χ1v) is 10.8. The highest BCUT2D eigenvalue weighted by Gasteiger charge is 2.27. The number of aliphatic hydroxyl groups is 1. The summed E-state index contributed by atoms with van der Waals surface area (Å²) in [5, 5.41) is 20.0. The average Bonchev–Trinajstić information content (AvgIpc) is 3.47. The number of benzene rings is 1. The minimum absolute atomic E-state index is 0.0921. The number of rotatable bonds is 10. The van der Waals surface area contributed by atoms with Gasteiger partial charge in [-0.1, -0.05) is 31.4 Å². The van der Waals surface area contributed by atoms with Gasteiger partial charge < -0.3 is 15.1 Å². The topological polar surface area (TPSA) is 43.7 Å². The number of aromatic hydroxyl groups is 1. The first kappa shape index (κ1) is 19.7. The largest absolute Gasteiger partial charge is 0.508 e. The van der Waals surface area contributed by atoms with E-state index in [2.05, 4.69) is 11.8 Å². The molecule has 26 heavy (non-hydrogen) atoms. The molecule has 146 valence electrons. The van der Waals surface area contributed by atoms with Crippen molar-refractivity contribution >= 4 is 0 Å². The van der Waals surface area contributed by atoms with Gasteiger partial charge in [0.2, 0.25) is 0 Å². The van der Waals surface area contributed by atoms with Gasteiger partial charge in [0.25, 0.3) is 0 Å². The van der Waals surface area contributed by atoms with Crippen molar-refractivity contribution in [2.75, 3.05) is 13.1 Å². The summed E-state index contributed by atoms with van der Waals surface area (Å²) in [6.45, 7) is 4.63. The highest BCUT2D eigenvalue weighted by Crippen LogP contribution is 2.31. The Morgan fingerprint density at radius 1 is 1.04 bits per heavy atom. The van der Waals surface area contributed by atoms with Crippen molar-refractivity contribution in [3.8, 4) is 5.75 Å². The monoisotopic (exact) mass is 359 g/mol. The highest BCUT2D eigenvalue weighted by molar-refractivity contribution is 5.26. The quantitative estimate of drug-likeness (QED) is 0.633. The Hall–Kier alpha value is -1.06. The van der Waals surface area contributed by atoms with E-state index in [0.29, 0.717) is 17.7 Å². The summed E-state index contributed by atoms with van der Waals surface area (Å²) in [6.07, 6.45) is 12.2. The van der Waals surface area contributed by atoms with Crippen molar-refractivity contribution in [2.24, 2.45) is 11.8 Å². The van der Waals surface area contributed by atoms with Crippen LogP contribution in [0.15, 0.2) is 24.3 Å². The van der Waals surface area contributed by atoms with Crippen molar-refractivity contribution in [3.63, 3.8) is 0 Å². The van der Waals surface area contributed by atoms with Gasteiger partial charge >= 0.3 is 0 Å². The van der Waals surface area contributed by atoms with Crippen LogP contribution in [0.1, 0.15) is 70.3 Å². The van der Waals surface area contributed by atoms with Crippen LogP contribution < -0.4 is 0 Å². The van der Waals surface area contributed by atoms with Crippen LogP contribution in [0.4, 0.5) is 0 Å². The lowest BCUT2D eigenvalue weighted by atomic mass is 9.84. The molecule has 2 atom stereocenters. The summed E-state index contributed by atoms with van der Waals surface area (Å²) in [5.41, 5.74) is 1.29. The molecule has 0 radical (unpaired) electrons. The molecule has 0 aromatic heterocycles. The van der Waals surface area contributed by atoms with E-state index < -0.39 is 0 Å². The van der Waals surface area contributed by atoms with Crippen LogP contribution in [-0.4, -0.2) is 40.3 Å². The van der Waals surface area contributed by atoms with E-state index in [1.54, 1.807) is 12.1 Å². The number of hydrogen-bond donors (Lipinski definition) is 2. The van der Waals surface area contributed by atoms with E-state index in [1.807, 2.05) is 12.1 Å². The highest BCUT2D eigenvalue weighted by atomic mass is 16.3. The number of nitrogens with zero attached hydrogens (tertiary/aromatic N) is 1. The first-order valence-electron chi connectivity index (χ1n) is 10.8. The van der Waals surface area contributed by atoms with Gasteiger partial charge in [-0.25, -0.2) is 0 Å². The van der Waals surface area contributed by atoms with E-state index in [1.165, 1.54) is 57.1 Å². The van der Waals surface area contributed by atoms with Crippen LogP contribution in [0, 0.1) is 11.8 Å². The van der Waals surface area contributed by atoms with Gasteiger partial charge in [-0.2, -0.15) is 0 Å². The summed E-state index contributed by atoms with van der Waals surface area (Å²) in [7, 11) is 0. The molecule has 0 amide bonds. The zero-order valence-corrected chi connectivity index (χ0v) is 16.4. The minimum Gasteiger partial charge on any atom is -0.508 e. The van der Waals surface area contributed by atoms with Crippen molar-refractivity contribution in [1.82, 2.24) is 4.90 Å². The van der Waals surface area contributed by atoms with Crippen molar-refractivity contribution < 1.29 is 10.2 Å². The molecule has 2 fully saturated rings. The van der Waals surface area contributed by atoms with Crippen LogP contribution in [0.5, 0.6) is 5.75 Å². The Morgan fingerprint density at radius 3 is 2.38 bits per heavy atom. The molecule has 2 saturated carbocycles. The number of hydrogen-bond acceptors (Lipinski definition) is 3. The summed E-state index contributed by atoms with van der Waals surface area (Å²) in [5.74, 6) is 1.78. The van der Waals surface area contributed by atoms with E-state index in [-0.39, 0.29) is 6.10 Å². The van der Waals surface area contributed by atoms with Gasteiger partial charge in [-0.15, -0.1) is 0 Å². The molecule has 0 spiro atoms. The third kappa shape index (κ3) is 6.28. The van der Waals surface area contributed by atoms with Gasteiger partial charge in [0, 0.05) is 12.6 Å². The van der Waals surface area contributed by atoms with Gasteiger partial charge in [0.15, 0.2) is 0 Å². The van der Waals surface area contributed by atoms with Crippen molar-refractivity contribution in [1.29, 1.82) is 0 Å². The number of aliphatic hydroxyl groups excluding tert-OH is 1. The Bertz CT molecular complexity index is 520. The summed E-state index contributed by atoms with van der Waals surface area (Å²) >= 11 is 0. The molecular weight excluding hydrogens is 322 g/mol. The molecule has 3 heteroatoms. The van der Waals surface area contributed by atoms with E-state index in [0.717, 1.165) is 31.7 Å². The fourth-order valence-electron chi connectivity index (χ4n) is 4.48. The maximum absolute atomic E-state index is 10.5. The Morgan fingerprint density at radius 2 is 1.73 bits per heavy atom. The number of phenolic OH excluding ortho intramolecular Hbond substituents is 1. The Labute approximate surface area is 159 Å². The fourth-order valence-corrected chi connectivity index (χ4v) is 4.48. The zero-order valence-electron chi connectivity index (χ0n) is 16.4. The third-order valence-corrected chi connectivity index (χ3v) is 6.42. The standard InChI is InChI=1S/C23H37NO2/c1-18(16-19-11-13-22(25)14-12-19)24(17-20-9-10-20)15-5-8-23(26)21-6-3-2-4-7-21/h11-14,18,20-21,23,25-26H,2-10,15-17H2,1H3. The van der Waals surface area contributed by atoms with E-state index in [4.69, 9.17) is 0 Å². The molecule has 3 rings (SSSR count). The molecule has 0 aliphatic heterocycles. The SMILES string of the molecule is CC(Cc1ccc(O)cc1)N(CCCC(O)C1CCCCC1)CC1CC1. The van der Waals surface area contributed by atoms with Crippen LogP contribution in [0.25, 0.3) is 0 Å². The molecule has 2 aliphatic rings. The predicted octanol–water partition coefficient (Wildman–Crippen LogP) is 4.76. The van der Waals surface area contributed by atoms with Crippen LogP contribution >= 0.6 is 0 Å². The molecule has 1 aromatic carbocycles. The molecule has 0 bridgehead atoms. The summed E-state index contributed by atoms with van der Waals surface area (Å²) in [6, 6.07) is 8.15. The second-order valence-electron chi connectivity index (χ2n) is 8.77. The normalized spacial score (nSPS) is 21.0. The maximum Gasteiger partial charge on any atom is 0.115 e. The van der Waals surface area contributed by atoms with E-state index in [9.17, 15) is 10.2 Å². The number of phenols is 1. The second-order valence-corrected chi connectivity index (χ2v) is 8.77. The van der Waals surface area contributed by atoms with Crippen LogP contribution in [0.3, 0.4) is 0 Å². The summed E-state index contributed by atoms with van der Waals surface area (Å²) < 4.78 is 0. The molecule has 3 nitrogen and oxygen atoms in total. The molecule has 1 aromatic rings. The molecule has 2 aliphatic carbocycles. The summed E-state index contributed by atoms with van der Waals surface area (Å²) in [4.78, 5) is 2.64. The molecule has 0 heterocycles. The van der Waals surface area contributed by atoms with Crippen LogP contribution in [-0.2, 0) is 6.42 Å². The van der Waals surface area contributed by atoms with Gasteiger partial charge in [-0.3, -0.25) is 0 Å². The Balaban J connectivity index is 1.46. The smallest absolute Gasteiger partial charge is 0.115 e. The van der Waals surface area contributed by atoms with Crippen molar-refractivity contribution in [2.45, 2.75) is 83.3 Å². The predicted molar refractivity (Wildman–Crippen MR) is 107 cm³/mol. The van der Waals surface area contributed by atoms with Crippen LogP contribution in [0.2, 0.25) is 0 Å². The zero-order chi connectivity index (χ0) is 18.4. The van der Waals surface area contributed by atoms with Crippen molar-refractivity contribution in [3.05, 3.63) is 29.8 Å². The molecular formula is C23H37NO2. The maximum atomic E-state index is 10.5. The fraction of sp³-hybridized carbons (Fsp3) is 0.739.